The van der Waals surface area contributed by atoms with E-state index in [4.69, 9.17) is 5.11 Å². The summed E-state index contributed by atoms with van der Waals surface area (Å²) in [7, 11) is -3.61. The van der Waals surface area contributed by atoms with Gasteiger partial charge in [0.2, 0.25) is 10.0 Å². The van der Waals surface area contributed by atoms with Crippen LogP contribution < -0.4 is 10.0 Å². The van der Waals surface area contributed by atoms with Crippen molar-refractivity contribution in [3.8, 4) is 0 Å². The summed E-state index contributed by atoms with van der Waals surface area (Å²) in [5, 5.41) is 11.0. The van der Waals surface area contributed by atoms with E-state index in [1.807, 2.05) is 0 Å². The van der Waals surface area contributed by atoms with Crippen molar-refractivity contribution in [3.63, 3.8) is 0 Å². The van der Waals surface area contributed by atoms with Gasteiger partial charge in [-0.15, -0.1) is 0 Å². The average Bonchev–Trinajstić information content (AvgIpc) is 2.44. The summed E-state index contributed by atoms with van der Waals surface area (Å²) < 4.78 is 49.8. The number of sulfonamides is 1. The lowest BCUT2D eigenvalue weighted by Gasteiger charge is -2.11. The molecule has 1 aromatic rings. The molecule has 1 aromatic carbocycles. The summed E-state index contributed by atoms with van der Waals surface area (Å²) in [5.41, 5.74) is 0.104. The van der Waals surface area contributed by atoms with Gasteiger partial charge in [0.15, 0.2) is 0 Å². The average molecular weight is 322 g/mol. The van der Waals surface area contributed by atoms with Crippen molar-refractivity contribution in [1.82, 2.24) is 10.0 Å². The molecular weight excluding hydrogens is 306 g/mol. The minimum absolute atomic E-state index is 0.00600. The van der Waals surface area contributed by atoms with Crippen LogP contribution in [0.1, 0.15) is 17.3 Å². The molecule has 0 aliphatic heterocycles. The molecule has 0 aromatic heterocycles. The quantitative estimate of drug-likeness (QED) is 0.674. The summed E-state index contributed by atoms with van der Waals surface area (Å²) in [5.74, 6) is -0.679. The number of amides is 1. The molecule has 1 unspecified atom stereocenters. The molecule has 9 heteroatoms. The van der Waals surface area contributed by atoms with Crippen LogP contribution in [-0.4, -0.2) is 45.1 Å². The predicted molar refractivity (Wildman–Crippen MR) is 71.6 cm³/mol. The number of nitrogens with one attached hydrogen (secondary N) is 2. The van der Waals surface area contributed by atoms with Gasteiger partial charge in [0.05, 0.1) is 4.90 Å². The Morgan fingerprint density at radius 1 is 1.29 bits per heavy atom. The first-order valence-corrected chi connectivity index (χ1v) is 7.60. The fourth-order valence-corrected chi connectivity index (χ4v) is 2.49. The summed E-state index contributed by atoms with van der Waals surface area (Å²) in [6.07, 6.45) is -4.89. The third-order valence-corrected chi connectivity index (χ3v) is 4.09. The molecule has 0 bridgehead atoms. The van der Waals surface area contributed by atoms with Gasteiger partial charge in [-0.1, -0.05) is 6.92 Å². The minimum Gasteiger partial charge on any atom is -0.385 e. The third kappa shape index (κ3) is 5.03. The van der Waals surface area contributed by atoms with E-state index in [0.29, 0.717) is 0 Å². The number of aliphatic hydroxyl groups is 1. The standard InChI is InChI=1S/C12H16F2N2O4S/c1-2-16-21(19,20)9-5-3-8(4-6-9)12(18)15-7-10(17)11(13)14/h3-6,10-11,16-17H,2,7H2,1H3,(H,15,18). The van der Waals surface area contributed by atoms with E-state index in [2.05, 4.69) is 10.0 Å². The summed E-state index contributed by atoms with van der Waals surface area (Å²) >= 11 is 0. The van der Waals surface area contributed by atoms with Gasteiger partial charge in [-0.05, 0) is 24.3 Å². The Bertz CT molecular complexity index is 575. The van der Waals surface area contributed by atoms with Crippen LogP contribution in [-0.2, 0) is 10.0 Å². The van der Waals surface area contributed by atoms with Gasteiger partial charge >= 0.3 is 0 Å². The van der Waals surface area contributed by atoms with Gasteiger partial charge in [0, 0.05) is 18.7 Å². The van der Waals surface area contributed by atoms with Crippen LogP contribution in [0.2, 0.25) is 0 Å². The fourth-order valence-electron chi connectivity index (χ4n) is 1.45. The highest BCUT2D eigenvalue weighted by atomic mass is 32.2. The first-order chi connectivity index (χ1) is 9.77. The van der Waals surface area contributed by atoms with Crippen molar-refractivity contribution in [3.05, 3.63) is 29.8 Å². The highest BCUT2D eigenvalue weighted by molar-refractivity contribution is 7.89. The molecule has 0 radical (unpaired) electrons. The number of hydrogen-bond acceptors (Lipinski definition) is 4. The first-order valence-electron chi connectivity index (χ1n) is 6.12. The van der Waals surface area contributed by atoms with E-state index >= 15 is 0 Å². The monoisotopic (exact) mass is 322 g/mol. The number of carbonyl (C=O) groups excluding carboxylic acids is 1. The number of carbonyl (C=O) groups is 1. The van der Waals surface area contributed by atoms with E-state index in [9.17, 15) is 22.0 Å². The maximum Gasteiger partial charge on any atom is 0.265 e. The highest BCUT2D eigenvalue weighted by Gasteiger charge is 2.18. The maximum atomic E-state index is 12.1. The smallest absolute Gasteiger partial charge is 0.265 e. The lowest BCUT2D eigenvalue weighted by Crippen LogP contribution is -2.35. The van der Waals surface area contributed by atoms with E-state index in [-0.39, 0.29) is 17.0 Å². The molecule has 21 heavy (non-hydrogen) atoms. The number of hydrogen-bond donors (Lipinski definition) is 3. The summed E-state index contributed by atoms with van der Waals surface area (Å²) in [6.45, 7) is 1.28. The lowest BCUT2D eigenvalue weighted by atomic mass is 10.2. The van der Waals surface area contributed by atoms with Crippen LogP contribution in [0, 0.1) is 0 Å². The van der Waals surface area contributed by atoms with E-state index in [1.165, 1.54) is 24.3 Å². The molecule has 1 rings (SSSR count). The summed E-state index contributed by atoms with van der Waals surface area (Å²) in [4.78, 5) is 11.6. The van der Waals surface area contributed by atoms with Crippen molar-refractivity contribution in [1.29, 1.82) is 0 Å². The van der Waals surface area contributed by atoms with Crippen molar-refractivity contribution >= 4 is 15.9 Å². The van der Waals surface area contributed by atoms with Gasteiger partial charge in [0.25, 0.3) is 12.3 Å². The molecule has 118 valence electrons. The highest BCUT2D eigenvalue weighted by Crippen LogP contribution is 2.10. The molecule has 3 N–H and O–H groups in total. The second-order valence-electron chi connectivity index (χ2n) is 4.14. The maximum absolute atomic E-state index is 12.1. The van der Waals surface area contributed by atoms with Crippen LogP contribution in [0.4, 0.5) is 8.78 Å². The Hall–Kier alpha value is -1.58. The Labute approximate surface area is 121 Å². The number of halogens is 2. The zero-order chi connectivity index (χ0) is 16.0. The number of benzene rings is 1. The van der Waals surface area contributed by atoms with Crippen molar-refractivity contribution in [2.45, 2.75) is 24.3 Å². The molecule has 0 spiro atoms. The second-order valence-corrected chi connectivity index (χ2v) is 5.90. The Balaban J connectivity index is 2.72. The van der Waals surface area contributed by atoms with Crippen LogP contribution in [0.3, 0.4) is 0 Å². The van der Waals surface area contributed by atoms with Crippen molar-refractivity contribution in [2.75, 3.05) is 13.1 Å². The topological polar surface area (TPSA) is 95.5 Å². The minimum atomic E-state index is -3.61. The normalized spacial score (nSPS) is 13.2. The molecule has 0 fully saturated rings. The molecule has 1 atom stereocenters. The van der Waals surface area contributed by atoms with Crippen LogP contribution in [0.5, 0.6) is 0 Å². The first kappa shape index (κ1) is 17.5. The zero-order valence-electron chi connectivity index (χ0n) is 11.2. The lowest BCUT2D eigenvalue weighted by molar-refractivity contribution is -0.00270. The zero-order valence-corrected chi connectivity index (χ0v) is 12.0. The van der Waals surface area contributed by atoms with Crippen molar-refractivity contribution in [2.24, 2.45) is 0 Å². The number of alkyl halides is 2. The van der Waals surface area contributed by atoms with Crippen molar-refractivity contribution < 1.29 is 27.1 Å². The van der Waals surface area contributed by atoms with Gasteiger partial charge in [-0.25, -0.2) is 21.9 Å². The van der Waals surface area contributed by atoms with Crippen LogP contribution in [0.15, 0.2) is 29.2 Å². The predicted octanol–water partition coefficient (Wildman–Crippen LogP) is 0.341. The molecule has 0 aliphatic carbocycles. The Kier molecular flexibility index (Phi) is 6.19. The third-order valence-electron chi connectivity index (χ3n) is 2.52. The van der Waals surface area contributed by atoms with E-state index in [0.717, 1.165) is 0 Å². The molecule has 0 saturated heterocycles. The second kappa shape index (κ2) is 7.43. The van der Waals surface area contributed by atoms with Gasteiger partial charge in [-0.3, -0.25) is 4.79 Å². The Morgan fingerprint density at radius 3 is 2.33 bits per heavy atom. The molecular formula is C12H16F2N2O4S. The number of aliphatic hydroxyl groups excluding tert-OH is 1. The van der Waals surface area contributed by atoms with E-state index < -0.39 is 35.0 Å². The molecule has 0 heterocycles. The molecule has 6 nitrogen and oxygen atoms in total. The molecule has 0 aliphatic rings. The Morgan fingerprint density at radius 2 is 1.86 bits per heavy atom. The molecule has 1 amide bonds. The van der Waals surface area contributed by atoms with Gasteiger partial charge < -0.3 is 10.4 Å². The van der Waals surface area contributed by atoms with Crippen LogP contribution >= 0.6 is 0 Å². The van der Waals surface area contributed by atoms with Crippen LogP contribution in [0.25, 0.3) is 0 Å². The van der Waals surface area contributed by atoms with Gasteiger partial charge in [0.1, 0.15) is 6.10 Å². The fraction of sp³-hybridized carbons (Fsp3) is 0.417. The van der Waals surface area contributed by atoms with E-state index in [1.54, 1.807) is 6.92 Å². The number of rotatable bonds is 7. The SMILES string of the molecule is CCNS(=O)(=O)c1ccc(C(=O)NCC(O)C(F)F)cc1. The largest absolute Gasteiger partial charge is 0.385 e. The summed E-state index contributed by atoms with van der Waals surface area (Å²) in [6, 6.07) is 4.98. The molecule has 0 saturated carbocycles. The van der Waals surface area contributed by atoms with Gasteiger partial charge in [-0.2, -0.15) is 0 Å².